The highest BCUT2D eigenvalue weighted by Crippen LogP contribution is 2.52. The Kier molecular flexibility index (Phi) is 3.56. The molecule has 0 aliphatic carbocycles. The van der Waals surface area contributed by atoms with Gasteiger partial charge in [0.15, 0.2) is 5.78 Å². The Morgan fingerprint density at radius 1 is 0.929 bits per heavy atom. The van der Waals surface area contributed by atoms with Crippen molar-refractivity contribution in [3.05, 3.63) is 77.0 Å². The van der Waals surface area contributed by atoms with Crippen molar-refractivity contribution in [2.75, 3.05) is 7.05 Å². The lowest BCUT2D eigenvalue weighted by molar-refractivity contribution is -0.139. The molecule has 2 saturated heterocycles. The SMILES string of the molecule is Cc1ccc(C(=O)[C@@H]2[C@@H]3C(=O)N(C)C(=O)[C@H]3[C@H]3c4ccccc4C=CN23)cc1. The fourth-order valence-corrected chi connectivity index (χ4v) is 4.89. The number of ketones is 1. The van der Waals surface area contributed by atoms with Gasteiger partial charge >= 0.3 is 0 Å². The van der Waals surface area contributed by atoms with Crippen LogP contribution in [-0.2, 0) is 9.59 Å². The minimum absolute atomic E-state index is 0.113. The topological polar surface area (TPSA) is 57.7 Å². The van der Waals surface area contributed by atoms with Gasteiger partial charge in [-0.1, -0.05) is 54.1 Å². The van der Waals surface area contributed by atoms with Crippen molar-refractivity contribution < 1.29 is 14.4 Å². The van der Waals surface area contributed by atoms with E-state index in [0.717, 1.165) is 16.7 Å². The minimum atomic E-state index is -0.677. The number of carbonyl (C=O) groups is 3. The summed E-state index contributed by atoms with van der Waals surface area (Å²) >= 11 is 0. The Hall–Kier alpha value is -3.21. The highest BCUT2D eigenvalue weighted by molar-refractivity contribution is 6.11. The van der Waals surface area contributed by atoms with Crippen LogP contribution in [0, 0.1) is 18.8 Å². The van der Waals surface area contributed by atoms with E-state index in [9.17, 15) is 14.4 Å². The van der Waals surface area contributed by atoms with Gasteiger partial charge in [-0.25, -0.2) is 0 Å². The number of fused-ring (bicyclic) bond motifs is 5. The molecule has 140 valence electrons. The molecule has 5 heteroatoms. The fourth-order valence-electron chi connectivity index (χ4n) is 4.89. The number of amides is 2. The average Bonchev–Trinajstić information content (AvgIpc) is 3.17. The van der Waals surface area contributed by atoms with E-state index in [4.69, 9.17) is 0 Å². The van der Waals surface area contributed by atoms with Crippen molar-refractivity contribution in [2.45, 2.75) is 19.0 Å². The Bertz CT molecular complexity index is 1040. The van der Waals surface area contributed by atoms with E-state index < -0.39 is 17.9 Å². The standard InChI is InChI=1S/C23H20N2O3/c1-13-7-9-15(10-8-13)21(26)20-18-17(22(27)24(2)23(18)28)19-16-6-4-3-5-14(16)11-12-25(19)20/h3-12,17-20H,1-2H3/t17-,18-,19-,20+/m1/s1. The predicted molar refractivity (Wildman–Crippen MR) is 104 cm³/mol. The van der Waals surface area contributed by atoms with Gasteiger partial charge in [-0.05, 0) is 24.1 Å². The van der Waals surface area contributed by atoms with E-state index in [-0.39, 0.29) is 23.6 Å². The molecule has 3 aliphatic rings. The third-order valence-electron chi connectivity index (χ3n) is 6.29. The molecule has 0 unspecified atom stereocenters. The van der Waals surface area contributed by atoms with Gasteiger partial charge in [0.2, 0.25) is 11.8 Å². The first-order chi connectivity index (χ1) is 13.5. The summed E-state index contributed by atoms with van der Waals surface area (Å²) < 4.78 is 0. The van der Waals surface area contributed by atoms with E-state index in [1.54, 1.807) is 12.1 Å². The van der Waals surface area contributed by atoms with Crippen LogP contribution in [-0.4, -0.2) is 40.5 Å². The molecule has 5 rings (SSSR count). The van der Waals surface area contributed by atoms with Crippen LogP contribution in [0.3, 0.4) is 0 Å². The molecule has 2 fully saturated rings. The van der Waals surface area contributed by atoms with Gasteiger partial charge in [-0.3, -0.25) is 19.3 Å². The van der Waals surface area contributed by atoms with Gasteiger partial charge in [-0.15, -0.1) is 0 Å². The molecule has 0 aromatic heterocycles. The molecule has 3 heterocycles. The number of hydrogen-bond donors (Lipinski definition) is 0. The zero-order valence-corrected chi connectivity index (χ0v) is 15.7. The number of carbonyl (C=O) groups excluding carboxylic acids is 3. The first kappa shape index (κ1) is 16.9. The number of benzene rings is 2. The molecule has 4 atom stereocenters. The first-order valence-corrected chi connectivity index (χ1v) is 9.46. The van der Waals surface area contributed by atoms with Gasteiger partial charge < -0.3 is 4.90 Å². The summed E-state index contributed by atoms with van der Waals surface area (Å²) in [6.45, 7) is 1.97. The monoisotopic (exact) mass is 372 g/mol. The van der Waals surface area contributed by atoms with Crippen molar-refractivity contribution in [3.63, 3.8) is 0 Å². The Balaban J connectivity index is 1.65. The number of aryl methyl sites for hydroxylation is 1. The van der Waals surface area contributed by atoms with Crippen LogP contribution in [0.1, 0.15) is 33.1 Å². The van der Waals surface area contributed by atoms with Gasteiger partial charge in [0.1, 0.15) is 6.04 Å². The third kappa shape index (κ3) is 2.16. The lowest BCUT2D eigenvalue weighted by Crippen LogP contribution is -2.43. The van der Waals surface area contributed by atoms with Crippen LogP contribution < -0.4 is 0 Å². The first-order valence-electron chi connectivity index (χ1n) is 9.46. The maximum Gasteiger partial charge on any atom is 0.235 e. The van der Waals surface area contributed by atoms with Crippen molar-refractivity contribution >= 4 is 23.7 Å². The van der Waals surface area contributed by atoms with E-state index >= 15 is 0 Å². The van der Waals surface area contributed by atoms with Crippen LogP contribution in [0.15, 0.2) is 54.7 Å². The minimum Gasteiger partial charge on any atom is -0.358 e. The van der Waals surface area contributed by atoms with Crippen LogP contribution in [0.25, 0.3) is 6.08 Å². The highest BCUT2D eigenvalue weighted by Gasteiger charge is 2.63. The third-order valence-corrected chi connectivity index (χ3v) is 6.29. The summed E-state index contributed by atoms with van der Waals surface area (Å²) in [6.07, 6.45) is 3.84. The van der Waals surface area contributed by atoms with E-state index in [1.165, 1.54) is 11.9 Å². The van der Waals surface area contributed by atoms with Gasteiger partial charge in [-0.2, -0.15) is 0 Å². The maximum absolute atomic E-state index is 13.5. The molecule has 0 saturated carbocycles. The number of nitrogens with zero attached hydrogens (tertiary/aromatic N) is 2. The number of imide groups is 1. The lowest BCUT2D eigenvalue weighted by Gasteiger charge is -2.35. The highest BCUT2D eigenvalue weighted by atomic mass is 16.2. The summed E-state index contributed by atoms with van der Waals surface area (Å²) in [4.78, 5) is 42.5. The van der Waals surface area contributed by atoms with Crippen molar-refractivity contribution in [1.29, 1.82) is 0 Å². The molecule has 0 radical (unpaired) electrons. The van der Waals surface area contributed by atoms with Crippen molar-refractivity contribution in [2.24, 2.45) is 11.8 Å². The number of likely N-dealkylation sites (tertiary alicyclic amines) is 1. The number of hydrogen-bond acceptors (Lipinski definition) is 4. The lowest BCUT2D eigenvalue weighted by atomic mass is 9.83. The quantitative estimate of drug-likeness (QED) is 0.601. The molecule has 0 N–H and O–H groups in total. The molecule has 2 aromatic rings. The van der Waals surface area contributed by atoms with E-state index in [1.807, 2.05) is 60.5 Å². The zero-order chi connectivity index (χ0) is 19.6. The largest absolute Gasteiger partial charge is 0.358 e. The molecule has 0 spiro atoms. The summed E-state index contributed by atoms with van der Waals surface area (Å²) in [7, 11) is 1.52. The van der Waals surface area contributed by atoms with Gasteiger partial charge in [0.05, 0.1) is 17.9 Å². The van der Waals surface area contributed by atoms with Crippen LogP contribution in [0.4, 0.5) is 0 Å². The van der Waals surface area contributed by atoms with Crippen LogP contribution in [0.2, 0.25) is 0 Å². The fraction of sp³-hybridized carbons (Fsp3) is 0.261. The molecule has 2 amide bonds. The van der Waals surface area contributed by atoms with Gasteiger partial charge in [0, 0.05) is 18.8 Å². The molecular weight excluding hydrogens is 352 g/mol. The summed E-state index contributed by atoms with van der Waals surface area (Å²) in [5, 5.41) is 0. The summed E-state index contributed by atoms with van der Waals surface area (Å²) in [5.74, 6) is -1.77. The second kappa shape index (κ2) is 5.89. The molecule has 2 aromatic carbocycles. The van der Waals surface area contributed by atoms with Crippen LogP contribution in [0.5, 0.6) is 0 Å². The predicted octanol–water partition coefficient (Wildman–Crippen LogP) is 2.82. The Morgan fingerprint density at radius 3 is 2.36 bits per heavy atom. The van der Waals surface area contributed by atoms with E-state index in [2.05, 4.69) is 0 Å². The Labute approximate surface area is 163 Å². The van der Waals surface area contributed by atoms with Crippen molar-refractivity contribution in [3.8, 4) is 0 Å². The number of rotatable bonds is 2. The summed E-state index contributed by atoms with van der Waals surface area (Å²) in [6, 6.07) is 14.3. The molecule has 28 heavy (non-hydrogen) atoms. The van der Waals surface area contributed by atoms with Crippen LogP contribution >= 0.6 is 0 Å². The van der Waals surface area contributed by atoms with E-state index in [0.29, 0.717) is 5.56 Å². The normalized spacial score (nSPS) is 27.6. The van der Waals surface area contributed by atoms with Crippen molar-refractivity contribution in [1.82, 2.24) is 9.80 Å². The maximum atomic E-state index is 13.5. The smallest absolute Gasteiger partial charge is 0.235 e. The second-order valence-corrected chi connectivity index (χ2v) is 7.80. The zero-order valence-electron chi connectivity index (χ0n) is 15.7. The Morgan fingerprint density at radius 2 is 1.61 bits per heavy atom. The van der Waals surface area contributed by atoms with Gasteiger partial charge in [0.25, 0.3) is 0 Å². The molecule has 5 nitrogen and oxygen atoms in total. The average molecular weight is 372 g/mol. The molecular formula is C23H20N2O3. The molecule has 3 aliphatic heterocycles. The number of Topliss-reactive ketones (excluding diaryl/α,β-unsaturated/α-hetero) is 1. The second-order valence-electron chi connectivity index (χ2n) is 7.80. The molecule has 0 bridgehead atoms. The summed E-state index contributed by atoms with van der Waals surface area (Å²) in [5.41, 5.74) is 3.66.